The fraction of sp³-hybridized carbons (Fsp3) is 0.160. The van der Waals surface area contributed by atoms with Crippen molar-refractivity contribution in [2.45, 2.75) is 27.7 Å². The Labute approximate surface area is 175 Å². The van der Waals surface area contributed by atoms with Crippen LogP contribution in [0.5, 0.6) is 11.5 Å². The van der Waals surface area contributed by atoms with Crippen molar-refractivity contribution in [1.29, 1.82) is 0 Å². The van der Waals surface area contributed by atoms with Crippen molar-refractivity contribution in [3.8, 4) is 45.7 Å². The first-order chi connectivity index (χ1) is 14.3. The normalized spacial score (nSPS) is 10.9. The molecule has 0 amide bonds. The SMILES string of the molecule is Cc1ccc(-c2nc(-c3ccc(O)cc3O)nc(-c3cccc(C)c3C)n2)cc1C. The molecule has 0 aliphatic rings. The second-order valence-electron chi connectivity index (χ2n) is 7.55. The van der Waals surface area contributed by atoms with Crippen LogP contribution in [0.1, 0.15) is 22.3 Å². The molecule has 1 heterocycles. The van der Waals surface area contributed by atoms with Crippen LogP contribution in [0.2, 0.25) is 0 Å². The lowest BCUT2D eigenvalue weighted by Crippen LogP contribution is -2.02. The largest absolute Gasteiger partial charge is 0.508 e. The highest BCUT2D eigenvalue weighted by Gasteiger charge is 2.16. The first kappa shape index (κ1) is 19.6. The average molecular weight is 397 g/mol. The monoisotopic (exact) mass is 397 g/mol. The van der Waals surface area contributed by atoms with Gasteiger partial charge in [0, 0.05) is 17.2 Å². The second kappa shape index (κ2) is 7.59. The van der Waals surface area contributed by atoms with Gasteiger partial charge < -0.3 is 10.2 Å². The minimum atomic E-state index is -0.0841. The van der Waals surface area contributed by atoms with Crippen molar-refractivity contribution in [2.75, 3.05) is 0 Å². The third-order valence-electron chi connectivity index (χ3n) is 5.47. The van der Waals surface area contributed by atoms with E-state index in [2.05, 4.69) is 42.9 Å². The van der Waals surface area contributed by atoms with Crippen molar-refractivity contribution in [3.05, 3.63) is 76.9 Å². The number of aryl methyl sites for hydroxylation is 3. The smallest absolute Gasteiger partial charge is 0.167 e. The van der Waals surface area contributed by atoms with Gasteiger partial charge in [-0.1, -0.05) is 30.3 Å². The molecule has 30 heavy (non-hydrogen) atoms. The molecule has 0 fully saturated rings. The fourth-order valence-electron chi connectivity index (χ4n) is 3.33. The van der Waals surface area contributed by atoms with Crippen LogP contribution in [-0.2, 0) is 0 Å². The predicted molar refractivity (Wildman–Crippen MR) is 118 cm³/mol. The number of nitrogens with zero attached hydrogens (tertiary/aromatic N) is 3. The molecule has 0 saturated carbocycles. The zero-order valence-corrected chi connectivity index (χ0v) is 17.4. The van der Waals surface area contributed by atoms with E-state index in [-0.39, 0.29) is 11.5 Å². The topological polar surface area (TPSA) is 79.1 Å². The summed E-state index contributed by atoms with van der Waals surface area (Å²) >= 11 is 0. The van der Waals surface area contributed by atoms with Crippen LogP contribution in [0.4, 0.5) is 0 Å². The molecule has 0 saturated heterocycles. The molecule has 5 heteroatoms. The van der Waals surface area contributed by atoms with Crippen molar-refractivity contribution >= 4 is 0 Å². The van der Waals surface area contributed by atoms with Gasteiger partial charge in [-0.25, -0.2) is 15.0 Å². The van der Waals surface area contributed by atoms with E-state index in [1.54, 1.807) is 6.07 Å². The zero-order valence-electron chi connectivity index (χ0n) is 17.4. The lowest BCUT2D eigenvalue weighted by molar-refractivity contribution is 0.451. The van der Waals surface area contributed by atoms with E-state index in [0.29, 0.717) is 23.0 Å². The third kappa shape index (κ3) is 3.62. The fourth-order valence-corrected chi connectivity index (χ4v) is 3.33. The quantitative estimate of drug-likeness (QED) is 0.476. The Balaban J connectivity index is 1.98. The third-order valence-corrected chi connectivity index (χ3v) is 5.47. The molecule has 0 aliphatic carbocycles. The summed E-state index contributed by atoms with van der Waals surface area (Å²) in [5, 5.41) is 20.0. The highest BCUT2D eigenvalue weighted by molar-refractivity contribution is 5.71. The van der Waals surface area contributed by atoms with Gasteiger partial charge in [-0.3, -0.25) is 0 Å². The molecule has 0 radical (unpaired) electrons. The van der Waals surface area contributed by atoms with Crippen LogP contribution in [0.15, 0.2) is 54.6 Å². The Kier molecular flexibility index (Phi) is 4.96. The maximum Gasteiger partial charge on any atom is 0.167 e. The summed E-state index contributed by atoms with van der Waals surface area (Å²) in [4.78, 5) is 14.1. The first-order valence-electron chi connectivity index (χ1n) is 9.76. The van der Waals surface area contributed by atoms with E-state index in [9.17, 15) is 10.2 Å². The number of aromatic nitrogens is 3. The van der Waals surface area contributed by atoms with E-state index in [0.717, 1.165) is 27.8 Å². The number of rotatable bonds is 3. The number of hydrogen-bond acceptors (Lipinski definition) is 5. The van der Waals surface area contributed by atoms with Gasteiger partial charge in [-0.05, 0) is 68.1 Å². The van der Waals surface area contributed by atoms with Gasteiger partial charge in [0.25, 0.3) is 0 Å². The van der Waals surface area contributed by atoms with Crippen LogP contribution < -0.4 is 0 Å². The Morgan fingerprint density at radius 2 is 1.30 bits per heavy atom. The van der Waals surface area contributed by atoms with Crippen molar-refractivity contribution in [1.82, 2.24) is 15.0 Å². The average Bonchev–Trinajstić information content (AvgIpc) is 2.71. The molecule has 0 atom stereocenters. The lowest BCUT2D eigenvalue weighted by Gasteiger charge is -2.12. The Bertz CT molecular complexity index is 1270. The summed E-state index contributed by atoms with van der Waals surface area (Å²) in [6.07, 6.45) is 0. The Hall–Kier alpha value is -3.73. The minimum absolute atomic E-state index is 0.0190. The standard InChI is InChI=1S/C25H23N3O2/c1-14-8-9-18(12-16(14)3)23-26-24(20-7-5-6-15(2)17(20)4)28-25(27-23)21-11-10-19(29)13-22(21)30/h5-13,29-30H,1-4H3. The first-order valence-corrected chi connectivity index (χ1v) is 9.76. The van der Waals surface area contributed by atoms with Gasteiger partial charge in [0.2, 0.25) is 0 Å². The number of aromatic hydroxyl groups is 2. The van der Waals surface area contributed by atoms with Crippen molar-refractivity contribution < 1.29 is 10.2 Å². The van der Waals surface area contributed by atoms with Gasteiger partial charge in [-0.15, -0.1) is 0 Å². The number of phenols is 2. The van der Waals surface area contributed by atoms with E-state index < -0.39 is 0 Å². The van der Waals surface area contributed by atoms with Gasteiger partial charge in [0.15, 0.2) is 17.5 Å². The van der Waals surface area contributed by atoms with Crippen molar-refractivity contribution in [3.63, 3.8) is 0 Å². The van der Waals surface area contributed by atoms with E-state index in [4.69, 9.17) is 4.98 Å². The summed E-state index contributed by atoms with van der Waals surface area (Å²) < 4.78 is 0. The molecule has 0 aliphatic heterocycles. The molecule has 2 N–H and O–H groups in total. The maximum absolute atomic E-state index is 10.4. The molecular weight excluding hydrogens is 374 g/mol. The molecule has 3 aromatic carbocycles. The Morgan fingerprint density at radius 3 is 2.00 bits per heavy atom. The van der Waals surface area contributed by atoms with Gasteiger partial charge >= 0.3 is 0 Å². The van der Waals surface area contributed by atoms with Crippen LogP contribution >= 0.6 is 0 Å². The minimum Gasteiger partial charge on any atom is -0.508 e. The maximum atomic E-state index is 10.4. The van der Waals surface area contributed by atoms with Gasteiger partial charge in [0.05, 0.1) is 5.56 Å². The van der Waals surface area contributed by atoms with Crippen LogP contribution in [0.3, 0.4) is 0 Å². The van der Waals surface area contributed by atoms with Gasteiger partial charge in [-0.2, -0.15) is 0 Å². The highest BCUT2D eigenvalue weighted by Crippen LogP contribution is 2.33. The summed E-state index contributed by atoms with van der Waals surface area (Å²) in [5.41, 5.74) is 6.82. The summed E-state index contributed by atoms with van der Waals surface area (Å²) in [6, 6.07) is 16.5. The molecule has 5 nitrogen and oxygen atoms in total. The van der Waals surface area contributed by atoms with Crippen LogP contribution in [-0.4, -0.2) is 25.2 Å². The molecule has 4 aromatic rings. The van der Waals surface area contributed by atoms with E-state index in [1.165, 1.54) is 17.7 Å². The number of hydrogen-bond donors (Lipinski definition) is 2. The van der Waals surface area contributed by atoms with E-state index in [1.807, 2.05) is 31.2 Å². The second-order valence-corrected chi connectivity index (χ2v) is 7.55. The molecular formula is C25H23N3O2. The van der Waals surface area contributed by atoms with E-state index >= 15 is 0 Å². The summed E-state index contributed by atoms with van der Waals surface area (Å²) in [7, 11) is 0. The van der Waals surface area contributed by atoms with Crippen LogP contribution in [0.25, 0.3) is 34.2 Å². The Morgan fingerprint density at radius 1 is 0.600 bits per heavy atom. The number of benzene rings is 3. The molecule has 0 unspecified atom stereocenters. The van der Waals surface area contributed by atoms with Crippen LogP contribution in [0, 0.1) is 27.7 Å². The highest BCUT2D eigenvalue weighted by atomic mass is 16.3. The molecule has 1 aromatic heterocycles. The molecule has 150 valence electrons. The predicted octanol–water partition coefficient (Wildman–Crippen LogP) is 5.52. The molecule has 4 rings (SSSR count). The lowest BCUT2D eigenvalue weighted by atomic mass is 10.0. The summed E-state index contributed by atoms with van der Waals surface area (Å²) in [5.74, 6) is 1.33. The summed E-state index contributed by atoms with van der Waals surface area (Å²) in [6.45, 7) is 8.21. The molecule has 0 spiro atoms. The van der Waals surface area contributed by atoms with Crippen molar-refractivity contribution in [2.24, 2.45) is 0 Å². The molecule has 0 bridgehead atoms. The number of phenolic OH excluding ortho intramolecular Hbond substituents is 2. The van der Waals surface area contributed by atoms with Gasteiger partial charge in [0.1, 0.15) is 11.5 Å². The zero-order chi connectivity index (χ0) is 21.4.